The van der Waals surface area contributed by atoms with Crippen LogP contribution in [0.4, 0.5) is 0 Å². The van der Waals surface area contributed by atoms with E-state index in [4.69, 9.17) is 18.9 Å². The standard InChI is InChI=1S/C20H33NO9/c1-5-8-14(23)27-11-13-18(29-15(24)9-6-2)19(30-16(25)10-7-3)17(20(26)28-13)21-12(4)22/h13,17-20,26H,5-11H2,1-4H3,(H,21,22)/t13-,17+,18-,19-,20+/m1/s1. The predicted molar refractivity (Wildman–Crippen MR) is 104 cm³/mol. The van der Waals surface area contributed by atoms with E-state index in [0.717, 1.165) is 0 Å². The van der Waals surface area contributed by atoms with Crippen LogP contribution >= 0.6 is 0 Å². The SMILES string of the molecule is CCCC(=O)OC[C@H]1O[C@H](O)[C@@H](NC(C)=O)[C@@H](OC(=O)CCC)[C@@H]1OC(=O)CCC. The average molecular weight is 431 g/mol. The number of hydrogen-bond donors (Lipinski definition) is 2. The fraction of sp³-hybridized carbons (Fsp3) is 0.800. The van der Waals surface area contributed by atoms with Crippen LogP contribution in [0.25, 0.3) is 0 Å². The Morgan fingerprint density at radius 3 is 1.87 bits per heavy atom. The normalized spacial score (nSPS) is 25.8. The highest BCUT2D eigenvalue weighted by Crippen LogP contribution is 2.27. The molecule has 10 nitrogen and oxygen atoms in total. The minimum Gasteiger partial charge on any atom is -0.463 e. The Morgan fingerprint density at radius 2 is 1.37 bits per heavy atom. The minimum absolute atomic E-state index is 0.103. The van der Waals surface area contributed by atoms with Gasteiger partial charge >= 0.3 is 17.9 Å². The summed E-state index contributed by atoms with van der Waals surface area (Å²) in [5, 5.41) is 12.9. The Hall–Kier alpha value is -2.20. The Kier molecular flexibility index (Phi) is 11.3. The van der Waals surface area contributed by atoms with E-state index in [1.54, 1.807) is 13.8 Å². The molecular weight excluding hydrogens is 398 g/mol. The number of rotatable bonds is 11. The van der Waals surface area contributed by atoms with Crippen LogP contribution in [-0.2, 0) is 38.1 Å². The molecule has 1 aliphatic heterocycles. The summed E-state index contributed by atoms with van der Waals surface area (Å²) in [6, 6.07) is -1.16. The first-order valence-corrected chi connectivity index (χ1v) is 10.4. The summed E-state index contributed by atoms with van der Waals surface area (Å²) in [5.74, 6) is -2.11. The molecule has 1 saturated heterocycles. The highest BCUT2D eigenvalue weighted by Gasteiger charge is 2.50. The molecule has 1 fully saturated rings. The third-order valence-corrected chi connectivity index (χ3v) is 4.34. The molecule has 0 aromatic heterocycles. The van der Waals surface area contributed by atoms with E-state index in [9.17, 15) is 24.3 Å². The second-order valence-electron chi connectivity index (χ2n) is 7.13. The zero-order valence-corrected chi connectivity index (χ0v) is 18.0. The van der Waals surface area contributed by atoms with Crippen LogP contribution in [0, 0.1) is 0 Å². The van der Waals surface area contributed by atoms with Crippen molar-refractivity contribution < 1.29 is 43.2 Å². The first-order chi connectivity index (χ1) is 14.2. The molecule has 172 valence electrons. The van der Waals surface area contributed by atoms with Crippen molar-refractivity contribution in [1.82, 2.24) is 5.32 Å². The van der Waals surface area contributed by atoms with Crippen LogP contribution in [0.15, 0.2) is 0 Å². The number of esters is 3. The molecule has 0 aromatic carbocycles. The largest absolute Gasteiger partial charge is 0.463 e. The fourth-order valence-electron chi connectivity index (χ4n) is 3.01. The number of nitrogens with one attached hydrogen (secondary N) is 1. The predicted octanol–water partition coefficient (Wildman–Crippen LogP) is 0.975. The lowest BCUT2D eigenvalue weighted by Crippen LogP contribution is -2.66. The number of amides is 1. The Labute approximate surface area is 176 Å². The van der Waals surface area contributed by atoms with Gasteiger partial charge in [0, 0.05) is 26.2 Å². The summed E-state index contributed by atoms with van der Waals surface area (Å²) in [4.78, 5) is 47.8. The molecule has 0 unspecified atom stereocenters. The lowest BCUT2D eigenvalue weighted by atomic mass is 9.96. The molecule has 0 spiro atoms. The number of ether oxygens (including phenoxy) is 4. The number of carbonyl (C=O) groups excluding carboxylic acids is 4. The minimum atomic E-state index is -1.57. The van der Waals surface area contributed by atoms with E-state index in [1.165, 1.54) is 6.92 Å². The highest BCUT2D eigenvalue weighted by atomic mass is 16.7. The van der Waals surface area contributed by atoms with Gasteiger partial charge in [-0.2, -0.15) is 0 Å². The summed E-state index contributed by atoms with van der Waals surface area (Å²) in [7, 11) is 0. The maximum absolute atomic E-state index is 12.2. The van der Waals surface area contributed by atoms with Gasteiger partial charge in [-0.15, -0.1) is 0 Å². The highest BCUT2D eigenvalue weighted by molar-refractivity contribution is 5.74. The first kappa shape index (κ1) is 25.8. The van der Waals surface area contributed by atoms with Crippen LogP contribution in [0.1, 0.15) is 66.2 Å². The van der Waals surface area contributed by atoms with Crippen molar-refractivity contribution in [3.8, 4) is 0 Å². The van der Waals surface area contributed by atoms with E-state index in [2.05, 4.69) is 5.32 Å². The molecule has 0 aromatic rings. The van der Waals surface area contributed by atoms with Crippen molar-refractivity contribution in [3.05, 3.63) is 0 Å². The average Bonchev–Trinajstić information content (AvgIpc) is 2.65. The Bertz CT molecular complexity index is 595. The van der Waals surface area contributed by atoms with Crippen molar-refractivity contribution in [1.29, 1.82) is 0 Å². The molecule has 1 amide bonds. The van der Waals surface area contributed by atoms with E-state index >= 15 is 0 Å². The van der Waals surface area contributed by atoms with Crippen molar-refractivity contribution in [3.63, 3.8) is 0 Å². The quantitative estimate of drug-likeness (QED) is 0.362. The van der Waals surface area contributed by atoms with Gasteiger partial charge in [-0.25, -0.2) is 0 Å². The van der Waals surface area contributed by atoms with Gasteiger partial charge in [0.2, 0.25) is 5.91 Å². The van der Waals surface area contributed by atoms with E-state index in [0.29, 0.717) is 19.3 Å². The number of carbonyl (C=O) groups is 4. The molecule has 0 saturated carbocycles. The van der Waals surface area contributed by atoms with Crippen LogP contribution in [0.5, 0.6) is 0 Å². The molecule has 2 N–H and O–H groups in total. The van der Waals surface area contributed by atoms with Gasteiger partial charge in [0.15, 0.2) is 18.5 Å². The molecular formula is C20H33NO9. The van der Waals surface area contributed by atoms with Crippen LogP contribution in [0.2, 0.25) is 0 Å². The Balaban J connectivity index is 3.15. The lowest BCUT2D eigenvalue weighted by Gasteiger charge is -2.43. The van der Waals surface area contributed by atoms with Crippen LogP contribution in [0.3, 0.4) is 0 Å². The van der Waals surface area contributed by atoms with Crippen molar-refractivity contribution in [2.45, 2.75) is 96.9 Å². The van der Waals surface area contributed by atoms with Gasteiger partial charge in [-0.05, 0) is 19.3 Å². The maximum atomic E-state index is 12.2. The maximum Gasteiger partial charge on any atom is 0.306 e. The van der Waals surface area contributed by atoms with Gasteiger partial charge in [0.1, 0.15) is 18.8 Å². The molecule has 0 radical (unpaired) electrons. The lowest BCUT2D eigenvalue weighted by molar-refractivity contribution is -0.265. The molecule has 0 aliphatic carbocycles. The molecule has 1 aliphatic rings. The van der Waals surface area contributed by atoms with Crippen LogP contribution in [-0.4, -0.2) is 66.2 Å². The number of aliphatic hydroxyl groups excluding tert-OH is 1. The van der Waals surface area contributed by atoms with E-state index in [1.807, 2.05) is 6.92 Å². The molecule has 1 rings (SSSR count). The van der Waals surface area contributed by atoms with Gasteiger partial charge in [0.25, 0.3) is 0 Å². The zero-order valence-electron chi connectivity index (χ0n) is 18.0. The summed E-state index contributed by atoms with van der Waals surface area (Å²) in [6.45, 7) is 6.33. The third kappa shape index (κ3) is 8.27. The summed E-state index contributed by atoms with van der Waals surface area (Å²) >= 11 is 0. The van der Waals surface area contributed by atoms with Crippen molar-refractivity contribution in [2.24, 2.45) is 0 Å². The number of aliphatic hydroxyl groups is 1. The molecule has 0 bridgehead atoms. The second-order valence-corrected chi connectivity index (χ2v) is 7.13. The smallest absolute Gasteiger partial charge is 0.306 e. The monoisotopic (exact) mass is 431 g/mol. The first-order valence-electron chi connectivity index (χ1n) is 10.4. The van der Waals surface area contributed by atoms with Gasteiger partial charge in [-0.3, -0.25) is 19.2 Å². The third-order valence-electron chi connectivity index (χ3n) is 4.34. The summed E-state index contributed by atoms with van der Waals surface area (Å²) in [5.41, 5.74) is 0. The molecule has 10 heteroatoms. The van der Waals surface area contributed by atoms with Crippen molar-refractivity contribution >= 4 is 23.8 Å². The van der Waals surface area contributed by atoms with Crippen molar-refractivity contribution in [2.75, 3.05) is 6.61 Å². The van der Waals surface area contributed by atoms with Gasteiger partial charge in [-0.1, -0.05) is 20.8 Å². The van der Waals surface area contributed by atoms with Gasteiger partial charge in [0.05, 0.1) is 0 Å². The number of hydrogen-bond acceptors (Lipinski definition) is 9. The van der Waals surface area contributed by atoms with Crippen LogP contribution < -0.4 is 5.32 Å². The molecule has 5 atom stereocenters. The van der Waals surface area contributed by atoms with E-state index < -0.39 is 54.5 Å². The zero-order chi connectivity index (χ0) is 22.7. The second kappa shape index (κ2) is 13.2. The summed E-state index contributed by atoms with van der Waals surface area (Å²) < 4.78 is 21.6. The topological polar surface area (TPSA) is 137 Å². The molecule has 30 heavy (non-hydrogen) atoms. The Morgan fingerprint density at radius 1 is 0.867 bits per heavy atom. The summed E-state index contributed by atoms with van der Waals surface area (Å²) in [6.07, 6.45) is -2.99. The fourth-order valence-corrected chi connectivity index (χ4v) is 3.01. The van der Waals surface area contributed by atoms with E-state index in [-0.39, 0.29) is 25.9 Å². The molecule has 1 heterocycles. The van der Waals surface area contributed by atoms with Gasteiger partial charge < -0.3 is 29.4 Å².